The maximum Gasteiger partial charge on any atom is 0.293 e. The molecule has 0 aliphatic rings. The summed E-state index contributed by atoms with van der Waals surface area (Å²) < 4.78 is 6.23. The number of aryl methyl sites for hydroxylation is 1. The second-order valence-electron chi connectivity index (χ2n) is 4.61. The first-order valence-corrected chi connectivity index (χ1v) is 6.63. The lowest BCUT2D eigenvalue weighted by atomic mass is 10.1. The summed E-state index contributed by atoms with van der Waals surface area (Å²) in [4.78, 5) is 31.9. The van der Waals surface area contributed by atoms with E-state index in [0.29, 0.717) is 18.1 Å². The maximum atomic E-state index is 12.3. The molecule has 8 nitrogen and oxygen atoms in total. The molecule has 2 aromatic rings. The molecule has 0 bridgehead atoms. The zero-order valence-electron chi connectivity index (χ0n) is 12.2. The summed E-state index contributed by atoms with van der Waals surface area (Å²) in [6.07, 6.45) is 3.54. The maximum absolute atomic E-state index is 12.3. The van der Waals surface area contributed by atoms with Crippen molar-refractivity contribution in [2.45, 2.75) is 39.8 Å². The molecule has 0 spiro atoms. The standard InChI is InChI=1S/C13H17N5O3/c1-4-10(8(2)19)18-6-5-14-12(13(18)20)15-7-11-16-9(3)21-17-11/h5-6,10H,4,7H2,1-3H3,(H,14,15). The number of Topliss-reactive ketones (excluding diaryl/α,β-unsaturated/α-hetero) is 1. The van der Waals surface area contributed by atoms with Crippen molar-refractivity contribution in [2.24, 2.45) is 0 Å². The first-order chi connectivity index (χ1) is 10.0. The van der Waals surface area contributed by atoms with Gasteiger partial charge in [0, 0.05) is 19.3 Å². The van der Waals surface area contributed by atoms with Gasteiger partial charge in [-0.2, -0.15) is 4.98 Å². The van der Waals surface area contributed by atoms with Gasteiger partial charge in [0.05, 0.1) is 12.6 Å². The summed E-state index contributed by atoms with van der Waals surface area (Å²) in [6, 6.07) is -0.478. The van der Waals surface area contributed by atoms with Gasteiger partial charge in [-0.1, -0.05) is 12.1 Å². The van der Waals surface area contributed by atoms with Crippen LogP contribution in [0, 0.1) is 6.92 Å². The van der Waals surface area contributed by atoms with E-state index in [9.17, 15) is 9.59 Å². The van der Waals surface area contributed by atoms with Gasteiger partial charge >= 0.3 is 0 Å². The van der Waals surface area contributed by atoms with Gasteiger partial charge < -0.3 is 14.4 Å². The molecule has 0 saturated carbocycles. The van der Waals surface area contributed by atoms with E-state index in [1.165, 1.54) is 23.9 Å². The summed E-state index contributed by atoms with van der Waals surface area (Å²) in [5.41, 5.74) is -0.347. The first-order valence-electron chi connectivity index (χ1n) is 6.63. The summed E-state index contributed by atoms with van der Waals surface area (Å²) >= 11 is 0. The third-order valence-electron chi connectivity index (χ3n) is 3.04. The summed E-state index contributed by atoms with van der Waals surface area (Å²) in [5, 5.41) is 6.58. The fraction of sp³-hybridized carbons (Fsp3) is 0.462. The highest BCUT2D eigenvalue weighted by molar-refractivity contribution is 5.79. The zero-order chi connectivity index (χ0) is 15.4. The van der Waals surface area contributed by atoms with Crippen LogP contribution in [0.25, 0.3) is 0 Å². The van der Waals surface area contributed by atoms with Crippen LogP contribution in [0.2, 0.25) is 0 Å². The van der Waals surface area contributed by atoms with Gasteiger partial charge in [-0.25, -0.2) is 4.98 Å². The Hall–Kier alpha value is -2.51. The van der Waals surface area contributed by atoms with Crippen LogP contribution in [-0.4, -0.2) is 25.5 Å². The predicted octanol–water partition coefficient (Wildman–Crippen LogP) is 1.09. The van der Waals surface area contributed by atoms with Gasteiger partial charge in [0.15, 0.2) is 17.4 Å². The summed E-state index contributed by atoms with van der Waals surface area (Å²) in [5.74, 6) is 0.973. The minimum Gasteiger partial charge on any atom is -0.358 e. The van der Waals surface area contributed by atoms with E-state index >= 15 is 0 Å². The highest BCUT2D eigenvalue weighted by Crippen LogP contribution is 2.10. The Labute approximate surface area is 121 Å². The number of hydrogen-bond acceptors (Lipinski definition) is 7. The van der Waals surface area contributed by atoms with Gasteiger partial charge in [0.25, 0.3) is 5.56 Å². The number of ketones is 1. The predicted molar refractivity (Wildman–Crippen MR) is 74.9 cm³/mol. The molecule has 0 radical (unpaired) electrons. The number of carbonyl (C=O) groups excluding carboxylic acids is 1. The van der Waals surface area contributed by atoms with E-state index in [4.69, 9.17) is 4.52 Å². The highest BCUT2D eigenvalue weighted by atomic mass is 16.5. The molecule has 0 amide bonds. The van der Waals surface area contributed by atoms with E-state index in [0.717, 1.165) is 0 Å². The van der Waals surface area contributed by atoms with Crippen LogP contribution in [0.15, 0.2) is 21.7 Å². The second kappa shape index (κ2) is 6.29. The smallest absolute Gasteiger partial charge is 0.293 e. The molecule has 2 rings (SSSR count). The van der Waals surface area contributed by atoms with E-state index in [2.05, 4.69) is 20.4 Å². The average Bonchev–Trinajstić information content (AvgIpc) is 2.85. The Morgan fingerprint density at radius 1 is 1.52 bits per heavy atom. The SMILES string of the molecule is CCC(C(C)=O)n1ccnc(NCc2noc(C)n2)c1=O. The van der Waals surface area contributed by atoms with E-state index in [-0.39, 0.29) is 23.7 Å². The van der Waals surface area contributed by atoms with Crippen LogP contribution in [-0.2, 0) is 11.3 Å². The number of rotatable bonds is 6. The van der Waals surface area contributed by atoms with E-state index in [1.807, 2.05) is 6.92 Å². The van der Waals surface area contributed by atoms with Crippen molar-refractivity contribution in [3.63, 3.8) is 0 Å². The van der Waals surface area contributed by atoms with Crippen LogP contribution >= 0.6 is 0 Å². The van der Waals surface area contributed by atoms with Crippen LogP contribution < -0.4 is 10.9 Å². The molecule has 0 saturated heterocycles. The number of carbonyl (C=O) groups is 1. The topological polar surface area (TPSA) is 103 Å². The fourth-order valence-corrected chi connectivity index (χ4v) is 2.05. The second-order valence-corrected chi connectivity index (χ2v) is 4.61. The Balaban J connectivity index is 2.21. The Kier molecular flexibility index (Phi) is 4.46. The molecule has 21 heavy (non-hydrogen) atoms. The molecule has 1 unspecified atom stereocenters. The Morgan fingerprint density at radius 3 is 2.86 bits per heavy atom. The Morgan fingerprint density at radius 2 is 2.29 bits per heavy atom. The van der Waals surface area contributed by atoms with Crippen molar-refractivity contribution in [3.05, 3.63) is 34.5 Å². The number of hydrogen-bond donors (Lipinski definition) is 1. The fourth-order valence-electron chi connectivity index (χ4n) is 2.05. The van der Waals surface area contributed by atoms with Gasteiger partial charge in [-0.3, -0.25) is 9.59 Å². The molecule has 0 aliphatic heterocycles. The molecule has 1 N–H and O–H groups in total. The lowest BCUT2D eigenvalue weighted by Gasteiger charge is -2.15. The highest BCUT2D eigenvalue weighted by Gasteiger charge is 2.17. The molecular weight excluding hydrogens is 274 g/mol. The largest absolute Gasteiger partial charge is 0.358 e. The van der Waals surface area contributed by atoms with Crippen molar-refractivity contribution in [1.82, 2.24) is 19.7 Å². The van der Waals surface area contributed by atoms with Crippen LogP contribution in [0.3, 0.4) is 0 Å². The quantitative estimate of drug-likeness (QED) is 0.849. The number of aromatic nitrogens is 4. The lowest BCUT2D eigenvalue weighted by Crippen LogP contribution is -2.30. The molecule has 0 aromatic carbocycles. The molecule has 0 fully saturated rings. The van der Waals surface area contributed by atoms with E-state index < -0.39 is 6.04 Å². The van der Waals surface area contributed by atoms with E-state index in [1.54, 1.807) is 6.92 Å². The number of nitrogens with zero attached hydrogens (tertiary/aromatic N) is 4. The normalized spacial score (nSPS) is 12.1. The molecule has 2 aromatic heterocycles. The third kappa shape index (κ3) is 3.33. The molecule has 2 heterocycles. The average molecular weight is 291 g/mol. The monoisotopic (exact) mass is 291 g/mol. The molecular formula is C13H17N5O3. The van der Waals surface area contributed by atoms with Crippen LogP contribution in [0.4, 0.5) is 5.82 Å². The molecule has 0 aliphatic carbocycles. The molecule has 1 atom stereocenters. The van der Waals surface area contributed by atoms with Crippen molar-refractivity contribution in [3.8, 4) is 0 Å². The van der Waals surface area contributed by atoms with Crippen molar-refractivity contribution < 1.29 is 9.32 Å². The molecule has 8 heteroatoms. The van der Waals surface area contributed by atoms with Crippen molar-refractivity contribution >= 4 is 11.6 Å². The molecule has 112 valence electrons. The van der Waals surface area contributed by atoms with Crippen molar-refractivity contribution in [1.29, 1.82) is 0 Å². The zero-order valence-corrected chi connectivity index (χ0v) is 12.2. The van der Waals surface area contributed by atoms with Crippen LogP contribution in [0.5, 0.6) is 0 Å². The minimum atomic E-state index is -0.478. The summed E-state index contributed by atoms with van der Waals surface area (Å²) in [6.45, 7) is 5.23. The van der Waals surface area contributed by atoms with Gasteiger partial charge in [0.2, 0.25) is 5.89 Å². The lowest BCUT2D eigenvalue weighted by molar-refractivity contribution is -0.120. The first kappa shape index (κ1) is 14.9. The van der Waals surface area contributed by atoms with Gasteiger partial charge in [-0.15, -0.1) is 0 Å². The van der Waals surface area contributed by atoms with Crippen LogP contribution in [0.1, 0.15) is 38.0 Å². The van der Waals surface area contributed by atoms with Crippen molar-refractivity contribution in [2.75, 3.05) is 5.32 Å². The number of nitrogens with one attached hydrogen (secondary N) is 1. The van der Waals surface area contributed by atoms with Gasteiger partial charge in [0.1, 0.15) is 0 Å². The third-order valence-corrected chi connectivity index (χ3v) is 3.04. The summed E-state index contributed by atoms with van der Waals surface area (Å²) in [7, 11) is 0. The van der Waals surface area contributed by atoms with Gasteiger partial charge in [-0.05, 0) is 13.3 Å². The minimum absolute atomic E-state index is 0.0643. The Bertz CT molecular complexity index is 691. The number of anilines is 1.